The maximum absolute atomic E-state index is 13.5. The van der Waals surface area contributed by atoms with Crippen molar-refractivity contribution < 1.29 is 13.2 Å². The first-order valence-corrected chi connectivity index (χ1v) is 13.0. The van der Waals surface area contributed by atoms with Crippen molar-refractivity contribution in [2.45, 2.75) is 99.6 Å². The topological polar surface area (TPSA) is 38.4 Å². The van der Waals surface area contributed by atoms with Crippen LogP contribution in [0.4, 0.5) is 13.2 Å². The molecule has 0 saturated carbocycles. The van der Waals surface area contributed by atoms with Gasteiger partial charge in [0.2, 0.25) is 0 Å². The Hall–Kier alpha value is -2.30. The molecule has 0 amide bonds. The molecule has 0 fully saturated rings. The van der Waals surface area contributed by atoms with Gasteiger partial charge in [0.1, 0.15) is 0 Å². The second-order valence-electron chi connectivity index (χ2n) is 9.23. The van der Waals surface area contributed by atoms with Gasteiger partial charge < -0.3 is 5.73 Å². The third-order valence-corrected chi connectivity index (χ3v) is 5.74. The number of unbranched alkanes of at least 4 members (excludes halogenated alkanes) is 3. The molecule has 1 aromatic carbocycles. The fourth-order valence-corrected chi connectivity index (χ4v) is 3.35. The van der Waals surface area contributed by atoms with Crippen LogP contribution in [-0.4, -0.2) is 12.3 Å². The average Bonchev–Trinajstić information content (AvgIpc) is 2.79. The molecule has 0 heterocycles. The van der Waals surface area contributed by atoms with E-state index in [1.54, 1.807) is 39.0 Å². The molecule has 2 nitrogen and oxygen atoms in total. The summed E-state index contributed by atoms with van der Waals surface area (Å²) in [4.78, 5) is 4.37. The molecule has 0 bridgehead atoms. The molecule has 1 atom stereocenters. The lowest BCUT2D eigenvalue weighted by Crippen LogP contribution is -2.15. The number of nitrogens with zero attached hydrogens (tertiary/aromatic N) is 1. The number of hydrogen-bond acceptors (Lipinski definition) is 2. The van der Waals surface area contributed by atoms with Gasteiger partial charge in [0.05, 0.1) is 17.8 Å². The van der Waals surface area contributed by atoms with E-state index in [0.29, 0.717) is 22.5 Å². The summed E-state index contributed by atoms with van der Waals surface area (Å²) in [7, 11) is 0. The van der Waals surface area contributed by atoms with Gasteiger partial charge in [-0.05, 0) is 50.8 Å². The Morgan fingerprint density at radius 3 is 2.31 bits per heavy atom. The third-order valence-electron chi connectivity index (χ3n) is 5.74. The van der Waals surface area contributed by atoms with Crippen LogP contribution in [0.5, 0.6) is 0 Å². The van der Waals surface area contributed by atoms with Crippen LogP contribution in [0.25, 0.3) is 0 Å². The van der Waals surface area contributed by atoms with Crippen LogP contribution >= 0.6 is 0 Å². The molecular weight excluding hydrogens is 445 g/mol. The Labute approximate surface area is 212 Å². The second-order valence-corrected chi connectivity index (χ2v) is 9.23. The molecule has 0 aliphatic carbocycles. The number of benzene rings is 1. The van der Waals surface area contributed by atoms with Gasteiger partial charge >= 0.3 is 6.18 Å². The molecule has 0 aromatic heterocycles. The molecule has 35 heavy (non-hydrogen) atoms. The van der Waals surface area contributed by atoms with Crippen molar-refractivity contribution in [1.29, 1.82) is 0 Å². The van der Waals surface area contributed by atoms with Crippen molar-refractivity contribution in [3.05, 3.63) is 70.5 Å². The van der Waals surface area contributed by atoms with Crippen LogP contribution in [0.2, 0.25) is 0 Å². The first-order valence-electron chi connectivity index (χ1n) is 13.0. The first kappa shape index (κ1) is 32.7. The highest BCUT2D eigenvalue weighted by Gasteiger charge is 2.34. The smallest absolute Gasteiger partial charge is 0.402 e. The summed E-state index contributed by atoms with van der Waals surface area (Å²) < 4.78 is 40.5. The number of aryl methyl sites for hydroxylation is 1. The molecule has 5 heteroatoms. The standard InChI is InChI=1S/C20H25F3N2.C10H22/c1-5-6-7-8-15(3)19(25-12-11-16(4)24)17-10-9-14(2)13-18(17)20(21,22)23;1-4-6-7-8-9-10(3)5-2/h6-11,13H,5,12,24H2,1-4H3;10H,4-9H2,1-3H3/b7-6-,15-8+,16-11+,25-19?;. The fourth-order valence-electron chi connectivity index (χ4n) is 3.35. The number of halogens is 3. The van der Waals surface area contributed by atoms with Crippen molar-refractivity contribution in [3.63, 3.8) is 0 Å². The van der Waals surface area contributed by atoms with E-state index in [0.717, 1.165) is 18.4 Å². The summed E-state index contributed by atoms with van der Waals surface area (Å²) in [6.07, 6.45) is 12.1. The van der Waals surface area contributed by atoms with E-state index in [2.05, 4.69) is 25.8 Å². The SMILES string of the molecule is CC/C=C\C=C(/C)C(=NC/C=C(\C)N)c1ccc(C)cc1C(F)(F)F.CCCCCCC(C)CC. The van der Waals surface area contributed by atoms with Crippen molar-refractivity contribution in [2.75, 3.05) is 6.54 Å². The van der Waals surface area contributed by atoms with Gasteiger partial charge in [-0.2, -0.15) is 13.2 Å². The number of nitrogens with two attached hydrogens (primary N) is 1. The number of rotatable bonds is 12. The van der Waals surface area contributed by atoms with Crippen LogP contribution < -0.4 is 5.73 Å². The molecule has 0 aliphatic heterocycles. The Morgan fingerprint density at radius 1 is 1.09 bits per heavy atom. The van der Waals surface area contributed by atoms with Crippen LogP contribution in [0, 0.1) is 12.8 Å². The average molecular weight is 493 g/mol. The largest absolute Gasteiger partial charge is 0.417 e. The predicted molar refractivity (Wildman–Crippen MR) is 147 cm³/mol. The monoisotopic (exact) mass is 492 g/mol. The molecule has 0 aliphatic rings. The number of aliphatic imine (C=N–C) groups is 1. The van der Waals surface area contributed by atoms with E-state index in [4.69, 9.17) is 5.73 Å². The highest BCUT2D eigenvalue weighted by molar-refractivity contribution is 6.13. The van der Waals surface area contributed by atoms with Gasteiger partial charge in [-0.25, -0.2) is 0 Å². The van der Waals surface area contributed by atoms with Gasteiger partial charge in [-0.3, -0.25) is 4.99 Å². The predicted octanol–water partition coefficient (Wildman–Crippen LogP) is 9.58. The lowest BCUT2D eigenvalue weighted by molar-refractivity contribution is -0.137. The Morgan fingerprint density at radius 2 is 1.77 bits per heavy atom. The maximum atomic E-state index is 13.5. The van der Waals surface area contributed by atoms with Gasteiger partial charge in [-0.15, -0.1) is 0 Å². The van der Waals surface area contributed by atoms with Crippen LogP contribution in [0.3, 0.4) is 0 Å². The molecule has 1 rings (SSSR count). The quantitative estimate of drug-likeness (QED) is 0.176. The third kappa shape index (κ3) is 14.6. The van der Waals surface area contributed by atoms with Crippen LogP contribution in [0.15, 0.2) is 58.8 Å². The van der Waals surface area contributed by atoms with Crippen molar-refractivity contribution in [3.8, 4) is 0 Å². The molecule has 0 radical (unpaired) electrons. The molecular formula is C30H47F3N2. The Balaban J connectivity index is 0.000000972. The van der Waals surface area contributed by atoms with E-state index in [9.17, 15) is 13.2 Å². The second kappa shape index (κ2) is 18.0. The molecule has 0 saturated heterocycles. The van der Waals surface area contributed by atoms with Crippen molar-refractivity contribution in [1.82, 2.24) is 0 Å². The summed E-state index contributed by atoms with van der Waals surface area (Å²) in [6, 6.07) is 4.31. The van der Waals surface area contributed by atoms with Crippen molar-refractivity contribution >= 4 is 5.71 Å². The van der Waals surface area contributed by atoms with Gasteiger partial charge in [-0.1, -0.05) is 102 Å². The summed E-state index contributed by atoms with van der Waals surface area (Å²) >= 11 is 0. The van der Waals surface area contributed by atoms with Gasteiger partial charge in [0.25, 0.3) is 0 Å². The number of allylic oxidation sites excluding steroid dienone is 5. The summed E-state index contributed by atoms with van der Waals surface area (Å²) in [5.74, 6) is 0.955. The summed E-state index contributed by atoms with van der Waals surface area (Å²) in [6.45, 7) is 14.2. The minimum absolute atomic E-state index is 0.0832. The minimum Gasteiger partial charge on any atom is -0.402 e. The Bertz CT molecular complexity index is 842. The first-order chi connectivity index (χ1) is 16.5. The van der Waals surface area contributed by atoms with Crippen molar-refractivity contribution in [2.24, 2.45) is 16.6 Å². The maximum Gasteiger partial charge on any atom is 0.417 e. The Kier molecular flexibility index (Phi) is 16.9. The molecule has 1 aromatic rings. The minimum atomic E-state index is -4.44. The van der Waals surface area contributed by atoms with E-state index in [-0.39, 0.29) is 12.1 Å². The lowest BCUT2D eigenvalue weighted by atomic mass is 9.95. The van der Waals surface area contributed by atoms with E-state index < -0.39 is 11.7 Å². The van der Waals surface area contributed by atoms with Crippen LogP contribution in [0.1, 0.15) is 103 Å². The lowest BCUT2D eigenvalue weighted by Gasteiger charge is -2.16. The zero-order chi connectivity index (χ0) is 26.9. The van der Waals surface area contributed by atoms with E-state index >= 15 is 0 Å². The normalized spacial score (nSPS) is 14.2. The summed E-state index contributed by atoms with van der Waals surface area (Å²) in [5, 5.41) is 0. The zero-order valence-corrected chi connectivity index (χ0v) is 22.9. The zero-order valence-electron chi connectivity index (χ0n) is 22.9. The highest BCUT2D eigenvalue weighted by Crippen LogP contribution is 2.34. The number of hydrogen-bond donors (Lipinski definition) is 1. The van der Waals surface area contributed by atoms with Gasteiger partial charge in [0.15, 0.2) is 0 Å². The van der Waals surface area contributed by atoms with E-state index in [1.807, 2.05) is 19.1 Å². The van der Waals surface area contributed by atoms with Crippen LogP contribution in [-0.2, 0) is 6.18 Å². The fraction of sp³-hybridized carbons (Fsp3) is 0.567. The van der Waals surface area contributed by atoms with Gasteiger partial charge in [0, 0.05) is 11.3 Å². The summed E-state index contributed by atoms with van der Waals surface area (Å²) in [5.41, 5.74) is 7.13. The molecule has 2 N–H and O–H groups in total. The van der Waals surface area contributed by atoms with E-state index in [1.165, 1.54) is 44.6 Å². The number of alkyl halides is 3. The highest BCUT2D eigenvalue weighted by atomic mass is 19.4. The molecule has 0 spiro atoms. The molecule has 1 unspecified atom stereocenters. The molecule has 198 valence electrons.